The zero-order chi connectivity index (χ0) is 15.5. The lowest BCUT2D eigenvalue weighted by Crippen LogP contribution is -1.80. The van der Waals surface area contributed by atoms with Crippen LogP contribution in [0.4, 0.5) is 4.39 Å². The predicted molar refractivity (Wildman–Crippen MR) is 98.3 cm³/mol. The molecule has 1 aromatic heterocycles. The van der Waals surface area contributed by atoms with Gasteiger partial charge in [-0.1, -0.05) is 34.1 Å². The highest BCUT2D eigenvalue weighted by atomic mass is 79.9. The summed E-state index contributed by atoms with van der Waals surface area (Å²) in [6.07, 6.45) is 3.99. The van der Waals surface area contributed by atoms with E-state index in [1.54, 1.807) is 23.5 Å². The molecule has 2 aromatic carbocycles. The lowest BCUT2D eigenvalue weighted by Gasteiger charge is -1.96. The second kappa shape index (κ2) is 6.86. The van der Waals surface area contributed by atoms with Gasteiger partial charge in [0.2, 0.25) is 0 Å². The van der Waals surface area contributed by atoms with Crippen molar-refractivity contribution in [2.45, 2.75) is 0 Å². The number of benzene rings is 2. The summed E-state index contributed by atoms with van der Waals surface area (Å²) in [7, 11) is 0. The van der Waals surface area contributed by atoms with Gasteiger partial charge in [-0.25, -0.2) is 9.37 Å². The Labute approximate surface area is 148 Å². The first-order valence-electron chi connectivity index (χ1n) is 6.48. The molecular formula is C17H10Br2FNS. The van der Waals surface area contributed by atoms with Crippen molar-refractivity contribution in [2.75, 3.05) is 0 Å². The van der Waals surface area contributed by atoms with Crippen molar-refractivity contribution in [1.82, 2.24) is 4.98 Å². The van der Waals surface area contributed by atoms with Crippen LogP contribution < -0.4 is 0 Å². The van der Waals surface area contributed by atoms with Crippen molar-refractivity contribution < 1.29 is 4.39 Å². The van der Waals surface area contributed by atoms with Crippen molar-refractivity contribution in [2.24, 2.45) is 0 Å². The lowest BCUT2D eigenvalue weighted by molar-refractivity contribution is 0.628. The van der Waals surface area contributed by atoms with Gasteiger partial charge in [-0.3, -0.25) is 0 Å². The first kappa shape index (κ1) is 15.6. The minimum atomic E-state index is -0.245. The molecule has 0 aliphatic heterocycles. The van der Waals surface area contributed by atoms with Crippen LogP contribution in [0.2, 0.25) is 0 Å². The Morgan fingerprint density at radius 2 is 1.77 bits per heavy atom. The van der Waals surface area contributed by atoms with E-state index in [2.05, 4.69) is 36.8 Å². The third-order valence-corrected chi connectivity index (χ3v) is 5.15. The Kier molecular flexibility index (Phi) is 4.86. The van der Waals surface area contributed by atoms with Crippen LogP contribution in [0, 0.1) is 5.82 Å². The van der Waals surface area contributed by atoms with E-state index in [9.17, 15) is 4.39 Å². The van der Waals surface area contributed by atoms with Gasteiger partial charge < -0.3 is 0 Å². The standard InChI is InChI=1S/C17H10Br2FNS/c18-13-3-1-2-11(10-13)4-9-15-21-16(17(19)22-15)12-5-7-14(20)8-6-12/h1-10H/b9-4+. The molecule has 0 saturated carbocycles. The summed E-state index contributed by atoms with van der Waals surface area (Å²) >= 11 is 8.54. The number of rotatable bonds is 3. The average molecular weight is 439 g/mol. The van der Waals surface area contributed by atoms with Crippen molar-refractivity contribution >= 4 is 55.3 Å². The fourth-order valence-corrected chi connectivity index (χ4v) is 3.90. The maximum atomic E-state index is 13.0. The third kappa shape index (κ3) is 3.72. The van der Waals surface area contributed by atoms with Gasteiger partial charge in [0.1, 0.15) is 10.8 Å². The first-order chi connectivity index (χ1) is 10.6. The summed E-state index contributed by atoms with van der Waals surface area (Å²) in [5, 5.41) is 0.895. The summed E-state index contributed by atoms with van der Waals surface area (Å²) in [5.41, 5.74) is 2.83. The molecule has 3 rings (SSSR count). The molecule has 0 aliphatic carbocycles. The molecular weight excluding hydrogens is 429 g/mol. The SMILES string of the molecule is Fc1ccc(-c2nc(/C=C/c3cccc(Br)c3)sc2Br)cc1. The van der Waals surface area contributed by atoms with Crippen LogP contribution in [-0.4, -0.2) is 4.98 Å². The molecule has 3 aromatic rings. The van der Waals surface area contributed by atoms with Crippen molar-refractivity contribution in [3.63, 3.8) is 0 Å². The summed E-state index contributed by atoms with van der Waals surface area (Å²) in [5.74, 6) is -0.245. The molecule has 110 valence electrons. The molecule has 5 heteroatoms. The van der Waals surface area contributed by atoms with Crippen LogP contribution in [0.3, 0.4) is 0 Å². The quantitative estimate of drug-likeness (QED) is 0.446. The van der Waals surface area contributed by atoms with Crippen molar-refractivity contribution in [3.05, 3.63) is 73.2 Å². The number of halogens is 3. The van der Waals surface area contributed by atoms with Gasteiger partial charge in [-0.05, 0) is 64.0 Å². The number of aromatic nitrogens is 1. The van der Waals surface area contributed by atoms with Gasteiger partial charge in [0, 0.05) is 10.0 Å². The molecule has 0 N–H and O–H groups in total. The minimum absolute atomic E-state index is 0.245. The zero-order valence-electron chi connectivity index (χ0n) is 11.3. The highest BCUT2D eigenvalue weighted by molar-refractivity contribution is 9.11. The van der Waals surface area contributed by atoms with E-state index in [1.165, 1.54) is 12.1 Å². The molecule has 0 unspecified atom stereocenters. The Balaban J connectivity index is 1.87. The molecule has 0 atom stereocenters. The molecule has 0 spiro atoms. The number of hydrogen-bond acceptors (Lipinski definition) is 2. The molecule has 1 heterocycles. The van der Waals surface area contributed by atoms with Gasteiger partial charge >= 0.3 is 0 Å². The van der Waals surface area contributed by atoms with E-state index >= 15 is 0 Å². The lowest BCUT2D eigenvalue weighted by atomic mass is 10.2. The molecule has 1 nitrogen and oxygen atoms in total. The Morgan fingerprint density at radius 3 is 2.50 bits per heavy atom. The van der Waals surface area contributed by atoms with Crippen LogP contribution >= 0.6 is 43.2 Å². The second-order valence-corrected chi connectivity index (χ2v) is 7.83. The minimum Gasteiger partial charge on any atom is -0.235 e. The van der Waals surface area contributed by atoms with Crippen molar-refractivity contribution in [3.8, 4) is 11.3 Å². The van der Waals surface area contributed by atoms with Gasteiger partial charge in [-0.2, -0.15) is 0 Å². The van der Waals surface area contributed by atoms with Gasteiger partial charge in [0.05, 0.1) is 9.48 Å². The maximum absolute atomic E-state index is 13.0. The van der Waals surface area contributed by atoms with Crippen LogP contribution in [-0.2, 0) is 0 Å². The number of thiazole rings is 1. The summed E-state index contributed by atoms with van der Waals surface area (Å²) in [4.78, 5) is 4.60. The van der Waals surface area contributed by atoms with Gasteiger partial charge in [0.25, 0.3) is 0 Å². The van der Waals surface area contributed by atoms with Crippen LogP contribution in [0.5, 0.6) is 0 Å². The molecule has 0 aliphatic rings. The second-order valence-electron chi connectivity index (χ2n) is 4.57. The normalized spacial score (nSPS) is 11.2. The van der Waals surface area contributed by atoms with E-state index < -0.39 is 0 Å². The maximum Gasteiger partial charge on any atom is 0.123 e. The average Bonchev–Trinajstić information content (AvgIpc) is 2.87. The van der Waals surface area contributed by atoms with E-state index in [-0.39, 0.29) is 5.82 Å². The fraction of sp³-hybridized carbons (Fsp3) is 0. The molecule has 0 radical (unpaired) electrons. The highest BCUT2D eigenvalue weighted by Gasteiger charge is 2.09. The molecule has 0 bridgehead atoms. The topological polar surface area (TPSA) is 12.9 Å². The number of nitrogens with zero attached hydrogens (tertiary/aromatic N) is 1. The smallest absolute Gasteiger partial charge is 0.123 e. The molecule has 0 saturated heterocycles. The van der Waals surface area contributed by atoms with E-state index in [0.29, 0.717) is 0 Å². The summed E-state index contributed by atoms with van der Waals surface area (Å²) in [6.45, 7) is 0. The molecule has 22 heavy (non-hydrogen) atoms. The first-order valence-corrected chi connectivity index (χ1v) is 8.88. The largest absolute Gasteiger partial charge is 0.235 e. The predicted octanol–water partition coefficient (Wildman–Crippen LogP) is 6.64. The Bertz CT molecular complexity index is 825. The Morgan fingerprint density at radius 1 is 1.00 bits per heavy atom. The van der Waals surface area contributed by atoms with Gasteiger partial charge in [0.15, 0.2) is 0 Å². The fourth-order valence-electron chi connectivity index (χ4n) is 1.95. The van der Waals surface area contributed by atoms with Crippen LogP contribution in [0.25, 0.3) is 23.4 Å². The monoisotopic (exact) mass is 437 g/mol. The van der Waals surface area contributed by atoms with Gasteiger partial charge in [-0.15, -0.1) is 11.3 Å². The molecule has 0 fully saturated rings. The van der Waals surface area contributed by atoms with E-state index in [4.69, 9.17) is 0 Å². The van der Waals surface area contributed by atoms with E-state index in [0.717, 1.165) is 30.1 Å². The summed E-state index contributed by atoms with van der Waals surface area (Å²) in [6, 6.07) is 14.4. The Hall–Kier alpha value is -1.30. The third-order valence-electron chi connectivity index (χ3n) is 2.99. The molecule has 0 amide bonds. The van der Waals surface area contributed by atoms with Crippen LogP contribution in [0.1, 0.15) is 10.6 Å². The number of hydrogen-bond donors (Lipinski definition) is 0. The van der Waals surface area contributed by atoms with Crippen LogP contribution in [0.15, 0.2) is 56.8 Å². The van der Waals surface area contributed by atoms with E-state index in [1.807, 2.05) is 36.4 Å². The zero-order valence-corrected chi connectivity index (χ0v) is 15.3. The summed E-state index contributed by atoms with van der Waals surface area (Å²) < 4.78 is 15.0. The van der Waals surface area contributed by atoms with Crippen molar-refractivity contribution in [1.29, 1.82) is 0 Å². The highest BCUT2D eigenvalue weighted by Crippen LogP contribution is 2.33.